The van der Waals surface area contributed by atoms with Gasteiger partial charge in [0.15, 0.2) is 12.4 Å². The number of hydrogen-bond donors (Lipinski definition) is 0. The van der Waals surface area contributed by atoms with Gasteiger partial charge in [-0.15, -0.1) is 0 Å². The predicted octanol–water partition coefficient (Wildman–Crippen LogP) is 5.99. The predicted molar refractivity (Wildman–Crippen MR) is 140 cm³/mol. The van der Waals surface area contributed by atoms with Crippen molar-refractivity contribution in [2.24, 2.45) is 5.92 Å². The van der Waals surface area contributed by atoms with Gasteiger partial charge in [-0.1, -0.05) is 39.7 Å². The van der Waals surface area contributed by atoms with E-state index in [4.69, 9.17) is 16.6 Å². The van der Waals surface area contributed by atoms with Crippen molar-refractivity contribution < 1.29 is 9.52 Å². The highest BCUT2D eigenvalue weighted by molar-refractivity contribution is 9.10. The molecule has 1 atom stereocenters. The maximum absolute atomic E-state index is 12.9. The third-order valence-corrected chi connectivity index (χ3v) is 7.99. The summed E-state index contributed by atoms with van der Waals surface area (Å²) in [6.07, 6.45) is 11.0. The van der Waals surface area contributed by atoms with Crippen LogP contribution < -0.4 is 4.73 Å². The Balaban J connectivity index is 1.40. The second kappa shape index (κ2) is 9.80. The van der Waals surface area contributed by atoms with Crippen LogP contribution in [0.15, 0.2) is 57.9 Å². The summed E-state index contributed by atoms with van der Waals surface area (Å²) in [6.45, 7) is 1.41. The van der Waals surface area contributed by atoms with Crippen LogP contribution in [-0.4, -0.2) is 28.9 Å². The molecule has 0 spiro atoms. The van der Waals surface area contributed by atoms with Crippen LogP contribution in [0.5, 0.6) is 0 Å². The molecule has 8 heteroatoms. The third-order valence-electron chi connectivity index (χ3n) is 6.68. The van der Waals surface area contributed by atoms with Crippen LogP contribution in [0.1, 0.15) is 46.7 Å². The number of aromatic nitrogens is 2. The summed E-state index contributed by atoms with van der Waals surface area (Å²) in [7, 11) is 0. The lowest BCUT2D eigenvalue weighted by Gasteiger charge is -2.37. The number of amides is 1. The summed E-state index contributed by atoms with van der Waals surface area (Å²) in [5, 5.41) is 11.9. The minimum absolute atomic E-state index is 0.0959. The number of likely N-dealkylation sites (tertiary alicyclic amines) is 1. The summed E-state index contributed by atoms with van der Waals surface area (Å²) >= 11 is 13.7. The Kier molecular flexibility index (Phi) is 6.78. The van der Waals surface area contributed by atoms with E-state index >= 15 is 0 Å². The van der Waals surface area contributed by atoms with Gasteiger partial charge in [-0.25, -0.2) is 0 Å². The molecule has 174 valence electrons. The first-order chi connectivity index (χ1) is 16.4. The van der Waals surface area contributed by atoms with Crippen molar-refractivity contribution in [3.63, 3.8) is 0 Å². The quantitative estimate of drug-likeness (QED) is 0.273. The number of hydrogen-bond acceptors (Lipinski definition) is 3. The first kappa shape index (κ1) is 23.5. The highest BCUT2D eigenvalue weighted by Gasteiger charge is 2.35. The van der Waals surface area contributed by atoms with E-state index in [9.17, 15) is 10.0 Å². The molecule has 1 aromatic carbocycles. The molecule has 0 unspecified atom stereocenters. The molecule has 1 aliphatic heterocycles. The smallest absolute Gasteiger partial charge is 0.226 e. The number of pyridine rings is 2. The van der Waals surface area contributed by atoms with Crippen LogP contribution in [0, 0.1) is 11.1 Å². The molecule has 2 aromatic heterocycles. The fourth-order valence-electron chi connectivity index (χ4n) is 5.03. The molecule has 1 amide bonds. The molecule has 0 radical (unpaired) electrons. The Morgan fingerprint density at radius 2 is 1.82 bits per heavy atom. The third kappa shape index (κ3) is 4.79. The Hall–Kier alpha value is -2.22. The zero-order valence-electron chi connectivity index (χ0n) is 18.3. The summed E-state index contributed by atoms with van der Waals surface area (Å²) in [5.41, 5.74) is 5.30. The Bertz CT molecular complexity index is 1270. The fraction of sp³-hybridized carbons (Fsp3) is 0.269. The van der Waals surface area contributed by atoms with Crippen LogP contribution >= 0.6 is 43.5 Å². The Morgan fingerprint density at radius 1 is 1.12 bits per heavy atom. The zero-order valence-corrected chi connectivity index (χ0v) is 22.2. The van der Waals surface area contributed by atoms with Crippen molar-refractivity contribution >= 4 is 61.5 Å². The number of carbonyl (C=O) groups excluding carboxylic acids is 1. The molecular weight excluding hydrogens is 582 g/mol. The molecule has 3 heterocycles. The minimum atomic E-state index is 0.0959. The average molecular weight is 604 g/mol. The first-order valence-electron chi connectivity index (χ1n) is 11.2. The maximum Gasteiger partial charge on any atom is 0.226 e. The second-order valence-corrected chi connectivity index (χ2v) is 11.0. The van der Waals surface area contributed by atoms with Crippen LogP contribution in [0.4, 0.5) is 0 Å². The topological polar surface area (TPSA) is 60.1 Å². The highest BCUT2D eigenvalue weighted by atomic mass is 79.9. The van der Waals surface area contributed by atoms with Crippen LogP contribution in [-0.2, 0) is 11.2 Å². The van der Waals surface area contributed by atoms with E-state index in [1.165, 1.54) is 18.0 Å². The van der Waals surface area contributed by atoms with Crippen LogP contribution in [0.3, 0.4) is 0 Å². The van der Waals surface area contributed by atoms with E-state index in [0.717, 1.165) is 48.9 Å². The lowest BCUT2D eigenvalue weighted by molar-refractivity contribution is -0.605. The maximum atomic E-state index is 12.9. The van der Waals surface area contributed by atoms with Gasteiger partial charge in [0.1, 0.15) is 0 Å². The van der Waals surface area contributed by atoms with E-state index in [2.05, 4.69) is 50.1 Å². The summed E-state index contributed by atoms with van der Waals surface area (Å²) in [6, 6.07) is 9.48. The molecule has 0 bridgehead atoms. The number of nitrogens with zero attached hydrogens (tertiary/aromatic N) is 3. The van der Waals surface area contributed by atoms with Gasteiger partial charge in [0.2, 0.25) is 5.91 Å². The van der Waals surface area contributed by atoms with Gasteiger partial charge in [-0.3, -0.25) is 9.78 Å². The van der Waals surface area contributed by atoms with Crippen molar-refractivity contribution in [3.8, 4) is 0 Å². The largest absolute Gasteiger partial charge is 0.619 e. The van der Waals surface area contributed by atoms with Gasteiger partial charge < -0.3 is 10.1 Å². The molecule has 1 fully saturated rings. The lowest BCUT2D eigenvalue weighted by Crippen LogP contribution is -2.41. The molecule has 34 heavy (non-hydrogen) atoms. The van der Waals surface area contributed by atoms with Gasteiger partial charge >= 0.3 is 0 Å². The normalized spacial score (nSPS) is 17.7. The van der Waals surface area contributed by atoms with Crippen molar-refractivity contribution in [3.05, 3.63) is 96.0 Å². The van der Waals surface area contributed by atoms with E-state index in [-0.39, 0.29) is 11.8 Å². The van der Waals surface area contributed by atoms with Gasteiger partial charge in [-0.05, 0) is 75.1 Å². The lowest BCUT2D eigenvalue weighted by atomic mass is 9.76. The highest BCUT2D eigenvalue weighted by Crippen LogP contribution is 2.46. The van der Waals surface area contributed by atoms with E-state index in [1.54, 1.807) is 12.1 Å². The number of benzene rings is 1. The van der Waals surface area contributed by atoms with Gasteiger partial charge in [0.05, 0.1) is 12.1 Å². The van der Waals surface area contributed by atoms with Gasteiger partial charge in [0.25, 0.3) is 0 Å². The molecule has 1 saturated heterocycles. The fourth-order valence-corrected chi connectivity index (χ4v) is 6.46. The standard InChI is InChI=1S/C26H22Br2ClN3O2/c27-20-12-19-2-1-18-13-21(29)14-22(28)24(18)25(26(19)30-15-20)17-5-7-31(8-6-17)23(33)11-16-3-9-32(34)10-4-16/h1-4,9-10,12-15,17,25H,5-8,11H2/t25-/m1/s1. The molecule has 1 aliphatic carbocycles. The van der Waals surface area contributed by atoms with Gasteiger partial charge in [0, 0.05) is 51.3 Å². The number of carbonyl (C=O) groups is 1. The number of rotatable bonds is 3. The molecule has 2 aliphatic rings. The summed E-state index contributed by atoms with van der Waals surface area (Å²) < 4.78 is 2.66. The van der Waals surface area contributed by atoms with E-state index in [1.807, 2.05) is 23.2 Å². The molecule has 5 rings (SSSR count). The minimum Gasteiger partial charge on any atom is -0.619 e. The van der Waals surface area contributed by atoms with E-state index in [0.29, 0.717) is 30.5 Å². The van der Waals surface area contributed by atoms with Gasteiger partial charge in [-0.2, -0.15) is 4.73 Å². The van der Waals surface area contributed by atoms with Crippen LogP contribution in [0.2, 0.25) is 5.02 Å². The zero-order chi connectivity index (χ0) is 23.8. The average Bonchev–Trinajstić information content (AvgIpc) is 2.97. The van der Waals surface area contributed by atoms with Crippen molar-refractivity contribution in [1.82, 2.24) is 9.88 Å². The number of halogens is 3. The summed E-state index contributed by atoms with van der Waals surface area (Å²) in [4.78, 5) is 19.7. The van der Waals surface area contributed by atoms with Crippen molar-refractivity contribution in [2.45, 2.75) is 25.2 Å². The molecule has 5 nitrogen and oxygen atoms in total. The summed E-state index contributed by atoms with van der Waals surface area (Å²) in [5.74, 6) is 0.530. The Labute approximate surface area is 220 Å². The monoisotopic (exact) mass is 601 g/mol. The number of piperidine rings is 1. The first-order valence-corrected chi connectivity index (χ1v) is 13.1. The molecule has 3 aromatic rings. The Morgan fingerprint density at radius 3 is 2.56 bits per heavy atom. The van der Waals surface area contributed by atoms with Crippen molar-refractivity contribution in [2.75, 3.05) is 13.1 Å². The SMILES string of the molecule is O=C(Cc1cc[n+]([O-])cc1)N1CCC([C@H]2c3ncc(Br)cc3C=Cc3cc(Cl)cc(Br)c32)CC1. The van der Waals surface area contributed by atoms with Crippen molar-refractivity contribution in [1.29, 1.82) is 0 Å². The van der Waals surface area contributed by atoms with Crippen LogP contribution in [0.25, 0.3) is 12.2 Å². The molecule has 0 N–H and O–H groups in total. The molecule has 0 saturated carbocycles. The number of fused-ring (bicyclic) bond motifs is 2. The second-order valence-electron chi connectivity index (χ2n) is 8.79. The molecular formula is C26H22Br2ClN3O2. The van der Waals surface area contributed by atoms with E-state index < -0.39 is 0 Å².